The Balaban J connectivity index is 1.68. The molecule has 0 aliphatic heterocycles. The maximum atomic E-state index is 5.33. The first-order valence-electron chi connectivity index (χ1n) is 8.59. The summed E-state index contributed by atoms with van der Waals surface area (Å²) in [5, 5.41) is 7.67. The highest BCUT2D eigenvalue weighted by molar-refractivity contribution is 6.10. The number of benzene rings is 3. The SMILES string of the molecule is COc1ccc(C=NNc2nc3ccccc3c3ccccc23)cc1OC. The number of fused-ring (bicyclic) bond motifs is 3. The number of hydrazone groups is 1. The van der Waals surface area contributed by atoms with Gasteiger partial charge in [-0.1, -0.05) is 42.5 Å². The second-order valence-corrected chi connectivity index (χ2v) is 6.01. The predicted molar refractivity (Wildman–Crippen MR) is 110 cm³/mol. The second-order valence-electron chi connectivity index (χ2n) is 6.01. The van der Waals surface area contributed by atoms with E-state index in [1.165, 1.54) is 0 Å². The lowest BCUT2D eigenvalue weighted by atomic mass is 10.1. The Labute approximate surface area is 157 Å². The van der Waals surface area contributed by atoms with Crippen LogP contribution in [0.15, 0.2) is 71.8 Å². The molecule has 1 aromatic heterocycles. The number of aromatic nitrogens is 1. The van der Waals surface area contributed by atoms with E-state index in [-0.39, 0.29) is 0 Å². The molecular weight excluding hydrogens is 338 g/mol. The molecule has 0 fully saturated rings. The van der Waals surface area contributed by atoms with Crippen LogP contribution in [-0.4, -0.2) is 25.4 Å². The van der Waals surface area contributed by atoms with Gasteiger partial charge in [-0.2, -0.15) is 5.10 Å². The lowest BCUT2D eigenvalue weighted by Crippen LogP contribution is -1.97. The Bertz CT molecular complexity index is 1140. The van der Waals surface area contributed by atoms with Crippen molar-refractivity contribution in [3.05, 3.63) is 72.3 Å². The van der Waals surface area contributed by atoms with Crippen LogP contribution in [0.4, 0.5) is 5.82 Å². The first-order chi connectivity index (χ1) is 13.3. The number of ether oxygens (including phenoxy) is 2. The molecule has 27 heavy (non-hydrogen) atoms. The first kappa shape index (κ1) is 16.8. The molecular formula is C22H19N3O2. The Hall–Kier alpha value is -3.60. The summed E-state index contributed by atoms with van der Waals surface area (Å²) in [5.41, 5.74) is 4.90. The first-order valence-corrected chi connectivity index (χ1v) is 8.59. The van der Waals surface area contributed by atoms with Gasteiger partial charge in [0.1, 0.15) is 0 Å². The van der Waals surface area contributed by atoms with Crippen molar-refractivity contribution in [1.82, 2.24) is 4.98 Å². The minimum Gasteiger partial charge on any atom is -0.493 e. The molecule has 134 valence electrons. The third-order valence-electron chi connectivity index (χ3n) is 4.40. The summed E-state index contributed by atoms with van der Waals surface area (Å²) in [6.45, 7) is 0. The van der Waals surface area contributed by atoms with Gasteiger partial charge in [0.25, 0.3) is 0 Å². The largest absolute Gasteiger partial charge is 0.493 e. The van der Waals surface area contributed by atoms with Crippen molar-refractivity contribution in [2.45, 2.75) is 0 Å². The molecule has 0 unspecified atom stereocenters. The Kier molecular flexibility index (Phi) is 4.58. The van der Waals surface area contributed by atoms with E-state index < -0.39 is 0 Å². The molecule has 3 aromatic carbocycles. The van der Waals surface area contributed by atoms with Gasteiger partial charge in [-0.3, -0.25) is 5.43 Å². The van der Waals surface area contributed by atoms with Crippen molar-refractivity contribution < 1.29 is 9.47 Å². The highest BCUT2D eigenvalue weighted by Gasteiger charge is 2.07. The van der Waals surface area contributed by atoms with Crippen LogP contribution >= 0.6 is 0 Å². The van der Waals surface area contributed by atoms with Crippen LogP contribution in [0.2, 0.25) is 0 Å². The number of pyridine rings is 1. The Morgan fingerprint density at radius 2 is 1.52 bits per heavy atom. The summed E-state index contributed by atoms with van der Waals surface area (Å²) in [6.07, 6.45) is 1.73. The topological polar surface area (TPSA) is 55.7 Å². The number of methoxy groups -OCH3 is 2. The highest BCUT2D eigenvalue weighted by atomic mass is 16.5. The van der Waals surface area contributed by atoms with E-state index in [4.69, 9.17) is 14.5 Å². The van der Waals surface area contributed by atoms with Gasteiger partial charge in [-0.15, -0.1) is 0 Å². The minimum absolute atomic E-state index is 0.663. The Morgan fingerprint density at radius 3 is 2.30 bits per heavy atom. The monoisotopic (exact) mass is 357 g/mol. The van der Waals surface area contributed by atoms with Crippen LogP contribution in [0.5, 0.6) is 11.5 Å². The van der Waals surface area contributed by atoms with E-state index in [0.717, 1.165) is 33.1 Å². The standard InChI is InChI=1S/C22H19N3O2/c1-26-20-12-11-15(13-21(20)27-2)14-23-25-22-18-9-4-3-7-16(18)17-8-5-6-10-19(17)24-22/h3-14H,1-2H3,(H,24,25). The smallest absolute Gasteiger partial charge is 0.161 e. The second kappa shape index (κ2) is 7.33. The third-order valence-corrected chi connectivity index (χ3v) is 4.40. The minimum atomic E-state index is 0.663. The van der Waals surface area contributed by atoms with Gasteiger partial charge < -0.3 is 9.47 Å². The zero-order valence-electron chi connectivity index (χ0n) is 15.1. The lowest BCUT2D eigenvalue weighted by Gasteiger charge is -2.09. The molecule has 4 rings (SSSR count). The number of nitrogens with zero attached hydrogens (tertiary/aromatic N) is 2. The molecule has 0 saturated carbocycles. The van der Waals surface area contributed by atoms with Crippen molar-refractivity contribution in [3.63, 3.8) is 0 Å². The van der Waals surface area contributed by atoms with Crippen LogP contribution in [0.3, 0.4) is 0 Å². The number of nitrogens with one attached hydrogen (secondary N) is 1. The van der Waals surface area contributed by atoms with Crippen molar-refractivity contribution in [1.29, 1.82) is 0 Å². The van der Waals surface area contributed by atoms with Crippen molar-refractivity contribution in [2.75, 3.05) is 19.6 Å². The molecule has 0 radical (unpaired) electrons. The average molecular weight is 357 g/mol. The molecule has 0 aliphatic carbocycles. The number of para-hydroxylation sites is 1. The van der Waals surface area contributed by atoms with Crippen LogP contribution in [-0.2, 0) is 0 Å². The molecule has 4 aromatic rings. The molecule has 0 saturated heterocycles. The number of hydrogen-bond acceptors (Lipinski definition) is 5. The predicted octanol–water partition coefficient (Wildman–Crippen LogP) is 4.85. The molecule has 5 heteroatoms. The summed E-state index contributed by atoms with van der Waals surface area (Å²) in [5.74, 6) is 2.07. The highest BCUT2D eigenvalue weighted by Crippen LogP contribution is 2.29. The molecule has 0 amide bonds. The van der Waals surface area contributed by atoms with Gasteiger partial charge in [0.2, 0.25) is 0 Å². The van der Waals surface area contributed by atoms with E-state index in [0.29, 0.717) is 11.5 Å². The molecule has 1 heterocycles. The molecule has 0 aliphatic rings. The van der Waals surface area contributed by atoms with Gasteiger partial charge in [-0.05, 0) is 35.2 Å². The molecule has 5 nitrogen and oxygen atoms in total. The van der Waals surface area contributed by atoms with Gasteiger partial charge in [0.05, 0.1) is 26.0 Å². The quantitative estimate of drug-likeness (QED) is 0.315. The maximum absolute atomic E-state index is 5.33. The van der Waals surface area contributed by atoms with Crippen molar-refractivity contribution >= 4 is 33.7 Å². The lowest BCUT2D eigenvalue weighted by molar-refractivity contribution is 0.355. The normalized spacial score (nSPS) is 11.2. The van der Waals surface area contributed by atoms with Gasteiger partial charge in [0, 0.05) is 10.8 Å². The third kappa shape index (κ3) is 3.27. The van der Waals surface area contributed by atoms with Gasteiger partial charge >= 0.3 is 0 Å². The molecule has 0 spiro atoms. The number of anilines is 1. The summed E-state index contributed by atoms with van der Waals surface area (Å²) < 4.78 is 10.6. The van der Waals surface area contributed by atoms with E-state index in [1.54, 1.807) is 20.4 Å². The summed E-state index contributed by atoms with van der Waals surface area (Å²) in [4.78, 5) is 4.73. The molecule has 0 bridgehead atoms. The fourth-order valence-corrected chi connectivity index (χ4v) is 3.09. The van der Waals surface area contributed by atoms with Gasteiger partial charge in [-0.25, -0.2) is 4.98 Å². The van der Waals surface area contributed by atoms with Crippen LogP contribution < -0.4 is 14.9 Å². The van der Waals surface area contributed by atoms with Crippen molar-refractivity contribution in [2.24, 2.45) is 5.10 Å². The van der Waals surface area contributed by atoms with Gasteiger partial charge in [0.15, 0.2) is 17.3 Å². The van der Waals surface area contributed by atoms with E-state index in [1.807, 2.05) is 54.6 Å². The van der Waals surface area contributed by atoms with E-state index in [9.17, 15) is 0 Å². The van der Waals surface area contributed by atoms with E-state index in [2.05, 4.69) is 22.7 Å². The molecule has 0 atom stereocenters. The summed E-state index contributed by atoms with van der Waals surface area (Å²) in [7, 11) is 3.23. The zero-order valence-corrected chi connectivity index (χ0v) is 15.1. The zero-order chi connectivity index (χ0) is 18.6. The Morgan fingerprint density at radius 1 is 0.815 bits per heavy atom. The summed E-state index contributed by atoms with van der Waals surface area (Å²) in [6, 6.07) is 21.9. The van der Waals surface area contributed by atoms with Crippen LogP contribution in [0.1, 0.15) is 5.56 Å². The molecule has 1 N–H and O–H groups in total. The maximum Gasteiger partial charge on any atom is 0.161 e. The number of hydrogen-bond donors (Lipinski definition) is 1. The summed E-state index contributed by atoms with van der Waals surface area (Å²) >= 11 is 0. The van der Waals surface area contributed by atoms with E-state index >= 15 is 0 Å². The fraction of sp³-hybridized carbons (Fsp3) is 0.0909. The fourth-order valence-electron chi connectivity index (χ4n) is 3.09. The van der Waals surface area contributed by atoms with Crippen molar-refractivity contribution in [3.8, 4) is 11.5 Å². The van der Waals surface area contributed by atoms with Crippen LogP contribution in [0, 0.1) is 0 Å². The number of rotatable bonds is 5. The average Bonchev–Trinajstić information content (AvgIpc) is 2.73. The van der Waals surface area contributed by atoms with Crippen LogP contribution in [0.25, 0.3) is 21.7 Å².